The summed E-state index contributed by atoms with van der Waals surface area (Å²) < 4.78 is 2.19. The summed E-state index contributed by atoms with van der Waals surface area (Å²) >= 11 is 1.43. The molecule has 0 aliphatic heterocycles. The zero-order valence-electron chi connectivity index (χ0n) is 21.2. The molecule has 190 valence electrons. The van der Waals surface area contributed by atoms with Gasteiger partial charge in [0.25, 0.3) is 0 Å². The molecule has 0 spiro atoms. The fraction of sp³-hybridized carbons (Fsp3) is 0.333. The van der Waals surface area contributed by atoms with Gasteiger partial charge in [-0.15, -0.1) is 11.3 Å². The highest BCUT2D eigenvalue weighted by molar-refractivity contribution is 7.12. The number of carbonyl (C=O) groups is 3. The van der Waals surface area contributed by atoms with Crippen molar-refractivity contribution in [2.45, 2.75) is 58.9 Å². The van der Waals surface area contributed by atoms with Crippen LogP contribution in [0.4, 0.5) is 0 Å². The Labute approximate surface area is 219 Å². The van der Waals surface area contributed by atoms with Crippen molar-refractivity contribution in [3.8, 4) is 0 Å². The first-order valence-corrected chi connectivity index (χ1v) is 13.8. The zero-order valence-corrected chi connectivity index (χ0v) is 22.0. The second-order valence-corrected chi connectivity index (χ2v) is 10.6. The zero-order chi connectivity index (χ0) is 25.9. The van der Waals surface area contributed by atoms with Crippen LogP contribution in [0.2, 0.25) is 0 Å². The fourth-order valence-electron chi connectivity index (χ4n) is 5.40. The van der Waals surface area contributed by atoms with Gasteiger partial charge in [-0.2, -0.15) is 0 Å². The number of Topliss-reactive ketones (excluding diaryl/α,β-unsaturated/α-hetero) is 1. The SMILES string of the molecule is CCn1c2ccc(C(=O)/C(CC3CCCCC3)=N/OC(C)=O)cc2c2cc(C(=O)c3cccs3)ccc21. The number of fused-ring (bicyclic) bond motifs is 3. The summed E-state index contributed by atoms with van der Waals surface area (Å²) in [5, 5.41) is 7.73. The summed E-state index contributed by atoms with van der Waals surface area (Å²) in [6.07, 6.45) is 6.12. The van der Waals surface area contributed by atoms with E-state index in [1.54, 1.807) is 0 Å². The van der Waals surface area contributed by atoms with Crippen molar-refractivity contribution in [2.24, 2.45) is 11.1 Å². The van der Waals surface area contributed by atoms with Gasteiger partial charge in [0.15, 0.2) is 0 Å². The number of rotatable bonds is 8. The predicted molar refractivity (Wildman–Crippen MR) is 148 cm³/mol. The first kappa shape index (κ1) is 25.1. The van der Waals surface area contributed by atoms with E-state index in [9.17, 15) is 14.4 Å². The fourth-order valence-corrected chi connectivity index (χ4v) is 6.09. The number of ketones is 2. The first-order chi connectivity index (χ1) is 18.0. The Balaban J connectivity index is 1.56. The lowest BCUT2D eigenvalue weighted by molar-refractivity contribution is -0.140. The van der Waals surface area contributed by atoms with Gasteiger partial charge in [-0.3, -0.25) is 9.59 Å². The Morgan fingerprint density at radius 3 is 2.27 bits per heavy atom. The molecule has 0 atom stereocenters. The molecule has 0 bridgehead atoms. The van der Waals surface area contributed by atoms with Gasteiger partial charge in [-0.05, 0) is 67.1 Å². The van der Waals surface area contributed by atoms with E-state index >= 15 is 0 Å². The number of aryl methyl sites for hydroxylation is 1. The molecule has 0 N–H and O–H groups in total. The Morgan fingerprint density at radius 1 is 0.973 bits per heavy atom. The van der Waals surface area contributed by atoms with Gasteiger partial charge >= 0.3 is 5.97 Å². The van der Waals surface area contributed by atoms with Crippen LogP contribution in [0.15, 0.2) is 59.1 Å². The van der Waals surface area contributed by atoms with Crippen molar-refractivity contribution in [3.63, 3.8) is 0 Å². The van der Waals surface area contributed by atoms with Crippen LogP contribution in [0.3, 0.4) is 0 Å². The molecule has 1 aliphatic carbocycles. The molecule has 5 rings (SSSR count). The summed E-state index contributed by atoms with van der Waals surface area (Å²) in [6, 6.07) is 15.1. The Morgan fingerprint density at radius 2 is 1.65 bits per heavy atom. The highest BCUT2D eigenvalue weighted by Crippen LogP contribution is 2.32. The average Bonchev–Trinajstić information content (AvgIpc) is 3.56. The molecule has 2 aromatic carbocycles. The smallest absolute Gasteiger partial charge is 0.331 e. The predicted octanol–water partition coefficient (Wildman–Crippen LogP) is 7.18. The number of oxime groups is 1. The molecular formula is C30H30N2O4S. The Kier molecular flexibility index (Phi) is 7.33. The molecule has 0 unspecified atom stereocenters. The van der Waals surface area contributed by atoms with E-state index in [2.05, 4.69) is 16.6 Å². The number of carbonyl (C=O) groups excluding carboxylic acids is 3. The highest BCUT2D eigenvalue weighted by atomic mass is 32.1. The minimum absolute atomic E-state index is 0.00943. The van der Waals surface area contributed by atoms with Crippen LogP contribution in [0, 0.1) is 5.92 Å². The third-order valence-corrected chi connectivity index (χ3v) is 8.07. The van der Waals surface area contributed by atoms with Crippen molar-refractivity contribution in [3.05, 3.63) is 69.9 Å². The highest BCUT2D eigenvalue weighted by Gasteiger charge is 2.24. The molecule has 37 heavy (non-hydrogen) atoms. The number of thiophene rings is 1. The summed E-state index contributed by atoms with van der Waals surface area (Å²) in [7, 11) is 0. The standard InChI is InChI=1S/C30H30N2O4S/c1-3-32-26-13-11-21(29(34)25(31-36-19(2)33)16-20-8-5-4-6-9-20)17-23(26)24-18-22(12-14-27(24)32)30(35)28-10-7-15-37-28/h7,10-15,17-18,20H,3-6,8-9,16H2,1-2H3/b31-25+. The molecule has 2 heterocycles. The van der Waals surface area contributed by atoms with Crippen LogP contribution >= 0.6 is 11.3 Å². The molecule has 6 nitrogen and oxygen atoms in total. The molecule has 0 saturated heterocycles. The largest absolute Gasteiger partial charge is 0.341 e. The third-order valence-electron chi connectivity index (χ3n) is 7.20. The van der Waals surface area contributed by atoms with Gasteiger partial charge in [-0.1, -0.05) is 43.3 Å². The van der Waals surface area contributed by atoms with Gasteiger partial charge in [0.1, 0.15) is 5.71 Å². The lowest BCUT2D eigenvalue weighted by Crippen LogP contribution is -2.21. The Bertz CT molecular complexity index is 1510. The van der Waals surface area contributed by atoms with E-state index in [0.29, 0.717) is 28.3 Å². The molecular weight excluding hydrogens is 484 g/mol. The molecule has 0 radical (unpaired) electrons. The van der Waals surface area contributed by atoms with E-state index < -0.39 is 5.97 Å². The number of hydrogen-bond donors (Lipinski definition) is 0. The van der Waals surface area contributed by atoms with Crippen LogP contribution < -0.4 is 0 Å². The van der Waals surface area contributed by atoms with Crippen LogP contribution in [0.1, 0.15) is 78.0 Å². The van der Waals surface area contributed by atoms with E-state index in [1.807, 2.05) is 53.9 Å². The van der Waals surface area contributed by atoms with Gasteiger partial charge < -0.3 is 9.40 Å². The van der Waals surface area contributed by atoms with E-state index in [4.69, 9.17) is 4.84 Å². The summed E-state index contributed by atoms with van der Waals surface area (Å²) in [4.78, 5) is 43.8. The lowest BCUT2D eigenvalue weighted by atomic mass is 9.84. The molecule has 0 amide bonds. The monoisotopic (exact) mass is 514 g/mol. The van der Waals surface area contributed by atoms with Crippen LogP contribution in [-0.2, 0) is 16.2 Å². The van der Waals surface area contributed by atoms with Crippen LogP contribution in [0.25, 0.3) is 21.8 Å². The quantitative estimate of drug-likeness (QED) is 0.108. The molecule has 1 fully saturated rings. The molecule has 1 aliphatic rings. The maximum absolute atomic E-state index is 13.6. The number of hydrogen-bond acceptors (Lipinski definition) is 6. The molecule has 1 saturated carbocycles. The van der Waals surface area contributed by atoms with Crippen molar-refractivity contribution >= 4 is 56.4 Å². The number of nitrogens with zero attached hydrogens (tertiary/aromatic N) is 2. The van der Waals surface area contributed by atoms with Crippen molar-refractivity contribution in [2.75, 3.05) is 0 Å². The van der Waals surface area contributed by atoms with Gasteiger partial charge in [0, 0.05) is 46.4 Å². The van der Waals surface area contributed by atoms with E-state index in [1.165, 1.54) is 24.7 Å². The molecule has 7 heteroatoms. The molecule has 4 aromatic rings. The average molecular weight is 515 g/mol. The maximum Gasteiger partial charge on any atom is 0.331 e. The number of aromatic nitrogens is 1. The van der Waals surface area contributed by atoms with Crippen molar-refractivity contribution < 1.29 is 19.2 Å². The second kappa shape index (κ2) is 10.8. The van der Waals surface area contributed by atoms with E-state index in [-0.39, 0.29) is 17.3 Å². The number of benzene rings is 2. The van der Waals surface area contributed by atoms with Gasteiger partial charge in [-0.25, -0.2) is 4.79 Å². The van der Waals surface area contributed by atoms with Crippen LogP contribution in [-0.4, -0.2) is 27.8 Å². The van der Waals surface area contributed by atoms with Crippen LogP contribution in [0.5, 0.6) is 0 Å². The summed E-state index contributed by atoms with van der Waals surface area (Å²) in [5.74, 6) is -0.413. The Hall–Kier alpha value is -3.58. The van der Waals surface area contributed by atoms with E-state index in [0.717, 1.165) is 54.0 Å². The topological polar surface area (TPSA) is 77.7 Å². The van der Waals surface area contributed by atoms with Crippen molar-refractivity contribution in [1.29, 1.82) is 0 Å². The first-order valence-electron chi connectivity index (χ1n) is 12.9. The lowest BCUT2D eigenvalue weighted by Gasteiger charge is -2.21. The minimum Gasteiger partial charge on any atom is -0.341 e. The summed E-state index contributed by atoms with van der Waals surface area (Å²) in [6.45, 7) is 4.12. The molecule has 2 aromatic heterocycles. The summed E-state index contributed by atoms with van der Waals surface area (Å²) in [5.41, 5.74) is 3.42. The minimum atomic E-state index is -0.543. The second-order valence-electron chi connectivity index (χ2n) is 9.67. The van der Waals surface area contributed by atoms with Crippen molar-refractivity contribution in [1.82, 2.24) is 4.57 Å². The van der Waals surface area contributed by atoms with Gasteiger partial charge in [0.2, 0.25) is 11.6 Å². The third kappa shape index (κ3) is 5.14. The van der Waals surface area contributed by atoms with Gasteiger partial charge in [0.05, 0.1) is 4.88 Å². The normalized spacial score (nSPS) is 14.8. The maximum atomic E-state index is 13.6.